The van der Waals surface area contributed by atoms with Gasteiger partial charge in [0.25, 0.3) is 0 Å². The molecule has 1 heterocycles. The lowest BCUT2D eigenvalue weighted by Crippen LogP contribution is -2.23. The molecule has 1 aromatic heterocycles. The monoisotopic (exact) mass is 163 g/mol. The highest BCUT2D eigenvalue weighted by Crippen LogP contribution is 2.65. The van der Waals surface area contributed by atoms with Crippen molar-refractivity contribution in [2.24, 2.45) is 12.5 Å². The Kier molecular flexibility index (Phi) is 1.05. The summed E-state index contributed by atoms with van der Waals surface area (Å²) in [6.07, 6.45) is 7.71. The van der Waals surface area contributed by atoms with Gasteiger partial charge in [-0.2, -0.15) is 0 Å². The minimum absolute atomic E-state index is 0.723. The molecule has 2 fully saturated rings. The molecule has 0 bridgehead atoms. The Hall–Kier alpha value is -0.860. The average Bonchev–Trinajstić information content (AvgIpc) is 2.67. The van der Waals surface area contributed by atoms with Crippen molar-refractivity contribution in [1.29, 1.82) is 0 Å². The Morgan fingerprint density at radius 1 is 1.50 bits per heavy atom. The van der Waals surface area contributed by atoms with Crippen LogP contribution in [-0.4, -0.2) is 15.0 Å². The smallest absolute Gasteiger partial charge is 0.0858 e. The van der Waals surface area contributed by atoms with E-state index in [1.54, 1.807) is 4.68 Å². The Labute approximate surface area is 71.8 Å². The first-order valence-electron chi connectivity index (χ1n) is 4.64. The molecule has 64 valence electrons. The molecular formula is C9H13N3. The van der Waals surface area contributed by atoms with Gasteiger partial charge in [-0.3, -0.25) is 4.68 Å². The van der Waals surface area contributed by atoms with Gasteiger partial charge in [-0.05, 0) is 31.1 Å². The maximum Gasteiger partial charge on any atom is 0.0858 e. The van der Waals surface area contributed by atoms with Crippen molar-refractivity contribution in [1.82, 2.24) is 15.0 Å². The zero-order valence-electron chi connectivity index (χ0n) is 7.32. The van der Waals surface area contributed by atoms with Crippen LogP contribution in [0.1, 0.15) is 37.3 Å². The molecule has 2 aliphatic rings. The van der Waals surface area contributed by atoms with Crippen LogP contribution < -0.4 is 0 Å². The van der Waals surface area contributed by atoms with Gasteiger partial charge in [0.05, 0.1) is 5.69 Å². The first kappa shape index (κ1) is 6.63. The predicted molar refractivity (Wildman–Crippen MR) is 44.6 cm³/mol. The molecule has 2 saturated carbocycles. The fourth-order valence-electron chi connectivity index (χ4n) is 2.33. The first-order valence-corrected chi connectivity index (χ1v) is 4.64. The maximum absolute atomic E-state index is 4.14. The number of hydrogen-bond acceptors (Lipinski definition) is 2. The lowest BCUT2D eigenvalue weighted by molar-refractivity contribution is 0.233. The molecule has 3 nitrogen and oxygen atoms in total. The molecule has 2 aliphatic carbocycles. The molecule has 0 amide bonds. The summed E-state index contributed by atoms with van der Waals surface area (Å²) >= 11 is 0. The Morgan fingerprint density at radius 2 is 2.25 bits per heavy atom. The van der Waals surface area contributed by atoms with Gasteiger partial charge in [0.2, 0.25) is 0 Å². The van der Waals surface area contributed by atoms with Crippen LogP contribution in [0.2, 0.25) is 0 Å². The lowest BCUT2D eigenvalue weighted by Gasteiger charge is -2.34. The Balaban J connectivity index is 1.75. The van der Waals surface area contributed by atoms with Crippen molar-refractivity contribution >= 4 is 0 Å². The van der Waals surface area contributed by atoms with E-state index in [4.69, 9.17) is 0 Å². The Morgan fingerprint density at radius 3 is 2.75 bits per heavy atom. The third-order valence-electron chi connectivity index (χ3n) is 3.35. The third kappa shape index (κ3) is 0.822. The molecule has 12 heavy (non-hydrogen) atoms. The van der Waals surface area contributed by atoms with Crippen LogP contribution in [0.3, 0.4) is 0 Å². The summed E-state index contributed by atoms with van der Waals surface area (Å²) in [4.78, 5) is 0. The quantitative estimate of drug-likeness (QED) is 0.627. The van der Waals surface area contributed by atoms with Crippen LogP contribution in [0.25, 0.3) is 0 Å². The normalized spacial score (nSPS) is 25.8. The van der Waals surface area contributed by atoms with E-state index in [1.807, 2.05) is 7.05 Å². The van der Waals surface area contributed by atoms with Gasteiger partial charge >= 0.3 is 0 Å². The zero-order chi connectivity index (χ0) is 8.18. The van der Waals surface area contributed by atoms with Gasteiger partial charge in [0.1, 0.15) is 0 Å². The van der Waals surface area contributed by atoms with E-state index >= 15 is 0 Å². The molecule has 0 saturated heterocycles. The third-order valence-corrected chi connectivity index (χ3v) is 3.35. The fourth-order valence-corrected chi connectivity index (χ4v) is 2.33. The summed E-state index contributed by atoms with van der Waals surface area (Å²) in [5.74, 6) is 0.723. The Bertz CT molecular complexity index is 303. The maximum atomic E-state index is 4.14. The van der Waals surface area contributed by atoms with Gasteiger partial charge in [-0.15, -0.1) is 5.10 Å². The molecule has 0 aromatic carbocycles. The second-order valence-electron chi connectivity index (χ2n) is 4.42. The number of aromatic nitrogens is 3. The molecule has 0 radical (unpaired) electrons. The number of aryl methyl sites for hydroxylation is 1. The van der Waals surface area contributed by atoms with Gasteiger partial charge < -0.3 is 0 Å². The average molecular weight is 163 g/mol. The number of hydrogen-bond donors (Lipinski definition) is 0. The van der Waals surface area contributed by atoms with E-state index in [0.29, 0.717) is 0 Å². The van der Waals surface area contributed by atoms with Crippen LogP contribution in [0, 0.1) is 5.41 Å². The van der Waals surface area contributed by atoms with E-state index in [2.05, 4.69) is 16.5 Å². The van der Waals surface area contributed by atoms with E-state index in [0.717, 1.165) is 11.3 Å². The summed E-state index contributed by atoms with van der Waals surface area (Å²) in [7, 11) is 1.93. The largest absolute Gasteiger partial charge is 0.255 e. The first-order chi connectivity index (χ1) is 5.77. The summed E-state index contributed by atoms with van der Waals surface area (Å²) in [5, 5.41) is 8.10. The molecule has 0 atom stereocenters. The molecular weight excluding hydrogens is 150 g/mol. The van der Waals surface area contributed by atoms with Crippen molar-refractivity contribution < 1.29 is 0 Å². The predicted octanol–water partition coefficient (Wildman–Crippen LogP) is 1.47. The van der Waals surface area contributed by atoms with Crippen molar-refractivity contribution in [3.63, 3.8) is 0 Å². The van der Waals surface area contributed by atoms with Gasteiger partial charge in [-0.25, -0.2) is 0 Å². The zero-order valence-corrected chi connectivity index (χ0v) is 7.32. The number of nitrogens with zero attached hydrogens (tertiary/aromatic N) is 3. The standard InChI is InChI=1S/C9H13N3/c1-12-6-8(10-11-12)7-4-9(5-7)2-3-9/h6-7H,2-5H2,1H3. The van der Waals surface area contributed by atoms with Gasteiger partial charge in [0.15, 0.2) is 0 Å². The van der Waals surface area contributed by atoms with E-state index < -0.39 is 0 Å². The fraction of sp³-hybridized carbons (Fsp3) is 0.778. The summed E-state index contributed by atoms with van der Waals surface area (Å²) in [6.45, 7) is 0. The molecule has 1 spiro atoms. The van der Waals surface area contributed by atoms with Crippen molar-refractivity contribution in [2.45, 2.75) is 31.6 Å². The summed E-state index contributed by atoms with van der Waals surface area (Å²) in [6, 6.07) is 0. The number of rotatable bonds is 1. The highest BCUT2D eigenvalue weighted by atomic mass is 15.4. The van der Waals surface area contributed by atoms with Crippen LogP contribution in [0.5, 0.6) is 0 Å². The minimum Gasteiger partial charge on any atom is -0.255 e. The van der Waals surface area contributed by atoms with Gasteiger partial charge in [-0.1, -0.05) is 5.21 Å². The van der Waals surface area contributed by atoms with Crippen LogP contribution in [0.15, 0.2) is 6.20 Å². The highest BCUT2D eigenvalue weighted by Gasteiger charge is 2.53. The summed E-state index contributed by atoms with van der Waals surface area (Å²) < 4.78 is 1.80. The van der Waals surface area contributed by atoms with Crippen molar-refractivity contribution in [3.05, 3.63) is 11.9 Å². The van der Waals surface area contributed by atoms with Crippen LogP contribution >= 0.6 is 0 Å². The van der Waals surface area contributed by atoms with Crippen molar-refractivity contribution in [2.75, 3.05) is 0 Å². The molecule has 0 N–H and O–H groups in total. The van der Waals surface area contributed by atoms with E-state index in [1.165, 1.54) is 31.4 Å². The van der Waals surface area contributed by atoms with Crippen molar-refractivity contribution in [3.8, 4) is 0 Å². The molecule has 1 aromatic rings. The van der Waals surface area contributed by atoms with Gasteiger partial charge in [0, 0.05) is 19.2 Å². The molecule has 3 rings (SSSR count). The molecule has 0 unspecified atom stereocenters. The topological polar surface area (TPSA) is 30.7 Å². The summed E-state index contributed by atoms with van der Waals surface area (Å²) in [5.41, 5.74) is 1.98. The van der Waals surface area contributed by atoms with E-state index in [9.17, 15) is 0 Å². The SMILES string of the molecule is Cn1cc(C2CC3(CC3)C2)nn1. The van der Waals surface area contributed by atoms with E-state index in [-0.39, 0.29) is 0 Å². The lowest BCUT2D eigenvalue weighted by atomic mass is 9.70. The molecule has 0 aliphatic heterocycles. The highest BCUT2D eigenvalue weighted by molar-refractivity contribution is 5.16. The second-order valence-corrected chi connectivity index (χ2v) is 4.42. The molecule has 3 heteroatoms. The second kappa shape index (κ2) is 1.90. The minimum atomic E-state index is 0.723. The van der Waals surface area contributed by atoms with Crippen LogP contribution in [-0.2, 0) is 7.05 Å². The van der Waals surface area contributed by atoms with Crippen LogP contribution in [0.4, 0.5) is 0 Å².